The standard InChI is InChI=1S/C13H16ClFN2O.ClH/c1-8-12(3-2-6-16-8)17-13(18)9-4-5-11(15)10(14)7-9;/h4-5,7-8,12,16H,2-3,6H2,1H3,(H,17,18);1H. The molecule has 0 aromatic heterocycles. The highest BCUT2D eigenvalue weighted by Crippen LogP contribution is 2.16. The lowest BCUT2D eigenvalue weighted by Gasteiger charge is -2.30. The molecule has 1 saturated heterocycles. The van der Waals surface area contributed by atoms with Gasteiger partial charge in [0, 0.05) is 17.6 Å². The number of amides is 1. The highest BCUT2D eigenvalue weighted by Gasteiger charge is 2.22. The third-order valence-corrected chi connectivity index (χ3v) is 3.55. The molecule has 0 spiro atoms. The molecule has 106 valence electrons. The molecule has 2 rings (SSSR count). The minimum absolute atomic E-state index is 0. The van der Waals surface area contributed by atoms with Crippen molar-refractivity contribution in [3.05, 3.63) is 34.6 Å². The van der Waals surface area contributed by atoms with Gasteiger partial charge < -0.3 is 10.6 Å². The Morgan fingerprint density at radius 1 is 1.53 bits per heavy atom. The maximum atomic E-state index is 13.0. The van der Waals surface area contributed by atoms with Gasteiger partial charge >= 0.3 is 0 Å². The number of hydrogen-bond donors (Lipinski definition) is 2. The summed E-state index contributed by atoms with van der Waals surface area (Å²) in [5, 5.41) is 6.23. The van der Waals surface area contributed by atoms with E-state index in [1.54, 1.807) is 0 Å². The molecule has 1 amide bonds. The fourth-order valence-corrected chi connectivity index (χ4v) is 2.31. The molecule has 1 fully saturated rings. The normalized spacial score (nSPS) is 22.5. The Bertz CT molecular complexity index is 456. The van der Waals surface area contributed by atoms with Gasteiger partial charge in [0.15, 0.2) is 0 Å². The molecule has 2 unspecified atom stereocenters. The molecule has 1 aromatic rings. The van der Waals surface area contributed by atoms with Crippen molar-refractivity contribution in [2.75, 3.05) is 6.54 Å². The molecule has 3 nitrogen and oxygen atoms in total. The summed E-state index contributed by atoms with van der Waals surface area (Å²) in [6, 6.07) is 4.36. The quantitative estimate of drug-likeness (QED) is 0.882. The Labute approximate surface area is 123 Å². The molecule has 1 heterocycles. The van der Waals surface area contributed by atoms with E-state index in [0.717, 1.165) is 19.4 Å². The fourth-order valence-electron chi connectivity index (χ4n) is 2.13. The number of halogens is 3. The summed E-state index contributed by atoms with van der Waals surface area (Å²) in [5.74, 6) is -0.724. The van der Waals surface area contributed by atoms with Crippen LogP contribution in [0.5, 0.6) is 0 Å². The fraction of sp³-hybridized carbons (Fsp3) is 0.462. The molecule has 6 heteroatoms. The zero-order valence-corrected chi connectivity index (χ0v) is 12.2. The molecule has 2 atom stereocenters. The number of hydrogen-bond acceptors (Lipinski definition) is 2. The maximum absolute atomic E-state index is 13.0. The first-order valence-electron chi connectivity index (χ1n) is 6.07. The molecule has 2 N–H and O–H groups in total. The SMILES string of the molecule is CC1NCCCC1NC(=O)c1ccc(F)c(Cl)c1.Cl. The van der Waals surface area contributed by atoms with Gasteiger partial charge in [0.25, 0.3) is 5.91 Å². The van der Waals surface area contributed by atoms with Gasteiger partial charge in [0.1, 0.15) is 5.82 Å². The Morgan fingerprint density at radius 2 is 2.26 bits per heavy atom. The van der Waals surface area contributed by atoms with Crippen molar-refractivity contribution in [1.82, 2.24) is 10.6 Å². The average molecular weight is 307 g/mol. The molecule has 1 aliphatic rings. The van der Waals surface area contributed by atoms with Crippen molar-refractivity contribution < 1.29 is 9.18 Å². The van der Waals surface area contributed by atoms with E-state index in [1.807, 2.05) is 6.92 Å². The maximum Gasteiger partial charge on any atom is 0.251 e. The summed E-state index contributed by atoms with van der Waals surface area (Å²) >= 11 is 5.66. The minimum Gasteiger partial charge on any atom is -0.348 e. The summed E-state index contributed by atoms with van der Waals surface area (Å²) in [6.07, 6.45) is 1.99. The second kappa shape index (κ2) is 7.08. The minimum atomic E-state index is -0.513. The van der Waals surface area contributed by atoms with Crippen molar-refractivity contribution in [2.24, 2.45) is 0 Å². The van der Waals surface area contributed by atoms with Gasteiger partial charge in [-0.15, -0.1) is 12.4 Å². The van der Waals surface area contributed by atoms with Crippen molar-refractivity contribution >= 4 is 29.9 Å². The Balaban J connectivity index is 0.00000180. The van der Waals surface area contributed by atoms with Crippen LogP contribution in [0.3, 0.4) is 0 Å². The first-order chi connectivity index (χ1) is 8.58. The third kappa shape index (κ3) is 4.06. The second-order valence-electron chi connectivity index (χ2n) is 4.59. The van der Waals surface area contributed by atoms with Gasteiger partial charge in [-0.2, -0.15) is 0 Å². The largest absolute Gasteiger partial charge is 0.348 e. The monoisotopic (exact) mass is 306 g/mol. The van der Waals surface area contributed by atoms with E-state index in [4.69, 9.17) is 11.6 Å². The van der Waals surface area contributed by atoms with Gasteiger partial charge in [0.05, 0.1) is 5.02 Å². The predicted molar refractivity (Wildman–Crippen MR) is 76.6 cm³/mol. The highest BCUT2D eigenvalue weighted by molar-refractivity contribution is 6.31. The zero-order chi connectivity index (χ0) is 13.1. The van der Waals surface area contributed by atoms with E-state index in [2.05, 4.69) is 10.6 Å². The number of piperidine rings is 1. The second-order valence-corrected chi connectivity index (χ2v) is 5.00. The smallest absolute Gasteiger partial charge is 0.251 e. The van der Waals surface area contributed by atoms with Crippen LogP contribution in [0.2, 0.25) is 5.02 Å². The number of carbonyl (C=O) groups is 1. The summed E-state index contributed by atoms with van der Waals surface area (Å²) in [4.78, 5) is 12.0. The van der Waals surface area contributed by atoms with E-state index >= 15 is 0 Å². The first kappa shape index (κ1) is 16.2. The first-order valence-corrected chi connectivity index (χ1v) is 6.45. The van der Waals surface area contributed by atoms with Gasteiger partial charge in [-0.1, -0.05) is 11.6 Å². The van der Waals surface area contributed by atoms with Gasteiger partial charge in [-0.05, 0) is 44.5 Å². The molecule has 1 aliphatic heterocycles. The van der Waals surface area contributed by atoms with Crippen LogP contribution in [0.1, 0.15) is 30.1 Å². The zero-order valence-electron chi connectivity index (χ0n) is 10.6. The van der Waals surface area contributed by atoms with Crippen molar-refractivity contribution in [2.45, 2.75) is 31.8 Å². The number of rotatable bonds is 2. The van der Waals surface area contributed by atoms with Crippen LogP contribution in [-0.2, 0) is 0 Å². The Kier molecular flexibility index (Phi) is 6.04. The van der Waals surface area contributed by atoms with E-state index in [-0.39, 0.29) is 35.4 Å². The van der Waals surface area contributed by atoms with Crippen LogP contribution in [0.25, 0.3) is 0 Å². The third-order valence-electron chi connectivity index (χ3n) is 3.26. The van der Waals surface area contributed by atoms with Crippen LogP contribution < -0.4 is 10.6 Å². The highest BCUT2D eigenvalue weighted by atomic mass is 35.5. The van der Waals surface area contributed by atoms with E-state index in [1.165, 1.54) is 18.2 Å². The number of carbonyl (C=O) groups excluding carboxylic acids is 1. The molecule has 19 heavy (non-hydrogen) atoms. The average Bonchev–Trinajstić information content (AvgIpc) is 2.35. The van der Waals surface area contributed by atoms with Crippen molar-refractivity contribution in [3.63, 3.8) is 0 Å². The molecule has 0 radical (unpaired) electrons. The summed E-state index contributed by atoms with van der Waals surface area (Å²) in [5.41, 5.74) is 0.388. The molecule has 0 aliphatic carbocycles. The number of nitrogens with one attached hydrogen (secondary N) is 2. The Morgan fingerprint density at radius 3 is 2.89 bits per heavy atom. The molecular formula is C13H17Cl2FN2O. The lowest BCUT2D eigenvalue weighted by atomic mass is 9.99. The molecule has 1 aromatic carbocycles. The van der Waals surface area contributed by atoms with Gasteiger partial charge in [-0.25, -0.2) is 4.39 Å². The van der Waals surface area contributed by atoms with Gasteiger partial charge in [-0.3, -0.25) is 4.79 Å². The van der Waals surface area contributed by atoms with E-state index in [0.29, 0.717) is 5.56 Å². The summed E-state index contributed by atoms with van der Waals surface area (Å²) < 4.78 is 13.0. The summed E-state index contributed by atoms with van der Waals surface area (Å²) in [7, 11) is 0. The van der Waals surface area contributed by atoms with Crippen LogP contribution in [0.4, 0.5) is 4.39 Å². The lowest BCUT2D eigenvalue weighted by Crippen LogP contribution is -2.51. The van der Waals surface area contributed by atoms with Crippen molar-refractivity contribution in [1.29, 1.82) is 0 Å². The van der Waals surface area contributed by atoms with Crippen molar-refractivity contribution in [3.8, 4) is 0 Å². The van der Waals surface area contributed by atoms with Crippen LogP contribution >= 0.6 is 24.0 Å². The van der Waals surface area contributed by atoms with E-state index < -0.39 is 5.82 Å². The van der Waals surface area contributed by atoms with Gasteiger partial charge in [0.2, 0.25) is 0 Å². The van der Waals surface area contributed by atoms with Crippen LogP contribution in [-0.4, -0.2) is 24.5 Å². The Hall–Kier alpha value is -0.840. The molecule has 0 bridgehead atoms. The lowest BCUT2D eigenvalue weighted by molar-refractivity contribution is 0.0920. The topological polar surface area (TPSA) is 41.1 Å². The molecule has 0 saturated carbocycles. The predicted octanol–water partition coefficient (Wildman–Crippen LogP) is 2.77. The summed E-state index contributed by atoms with van der Waals surface area (Å²) in [6.45, 7) is 3.03. The van der Waals surface area contributed by atoms with Crippen LogP contribution in [0.15, 0.2) is 18.2 Å². The van der Waals surface area contributed by atoms with Crippen LogP contribution in [0, 0.1) is 5.82 Å². The van der Waals surface area contributed by atoms with E-state index in [9.17, 15) is 9.18 Å². The molecular weight excluding hydrogens is 290 g/mol. The number of benzene rings is 1.